The van der Waals surface area contributed by atoms with E-state index < -0.39 is 0 Å². The summed E-state index contributed by atoms with van der Waals surface area (Å²) < 4.78 is 7.91. The average molecular weight is 295 g/mol. The molecule has 2 aromatic rings. The second kappa shape index (κ2) is 7.65. The number of alkyl halides is 1. The molecule has 0 aliphatic heterocycles. The first-order valence-electron chi connectivity index (χ1n) is 7.35. The molecule has 0 aliphatic rings. The van der Waals surface area contributed by atoms with E-state index in [4.69, 9.17) is 21.3 Å². The summed E-state index contributed by atoms with van der Waals surface area (Å²) in [5.74, 6) is 1.65. The third-order valence-electron chi connectivity index (χ3n) is 3.40. The molecule has 0 amide bonds. The number of hydrogen-bond donors (Lipinski definition) is 0. The highest BCUT2D eigenvalue weighted by atomic mass is 35.5. The lowest BCUT2D eigenvalue weighted by Gasteiger charge is -2.09. The Balaban J connectivity index is 2.13. The molecule has 20 heavy (non-hydrogen) atoms. The van der Waals surface area contributed by atoms with E-state index in [0.717, 1.165) is 43.9 Å². The fourth-order valence-corrected chi connectivity index (χ4v) is 2.49. The number of rotatable bonds is 8. The van der Waals surface area contributed by atoms with E-state index >= 15 is 0 Å². The third kappa shape index (κ3) is 3.74. The summed E-state index contributed by atoms with van der Waals surface area (Å²) in [5.41, 5.74) is 3.47. The van der Waals surface area contributed by atoms with E-state index in [1.807, 2.05) is 0 Å². The summed E-state index contributed by atoms with van der Waals surface area (Å²) in [7, 11) is 0. The van der Waals surface area contributed by atoms with Crippen LogP contribution < -0.4 is 0 Å². The molecular weight excluding hydrogens is 272 g/mol. The monoisotopic (exact) mass is 294 g/mol. The Kier molecular flexibility index (Phi) is 5.86. The van der Waals surface area contributed by atoms with Gasteiger partial charge in [-0.3, -0.25) is 0 Å². The molecule has 110 valence electrons. The number of nitrogens with zero attached hydrogens (tertiary/aromatic N) is 2. The van der Waals surface area contributed by atoms with Crippen molar-refractivity contribution in [3.05, 3.63) is 29.6 Å². The van der Waals surface area contributed by atoms with Gasteiger partial charge in [0, 0.05) is 25.5 Å². The topological polar surface area (TPSA) is 27.1 Å². The number of fused-ring (bicyclic) bond motifs is 1. The number of halogens is 1. The Labute approximate surface area is 125 Å². The van der Waals surface area contributed by atoms with Crippen LogP contribution in [0, 0.1) is 6.92 Å². The van der Waals surface area contributed by atoms with Crippen LogP contribution in [0.15, 0.2) is 18.2 Å². The normalized spacial score (nSPS) is 11.3. The molecule has 0 aliphatic carbocycles. The van der Waals surface area contributed by atoms with Gasteiger partial charge in [0.15, 0.2) is 0 Å². The minimum atomic E-state index is 0.596. The molecule has 0 bridgehead atoms. The number of benzene rings is 1. The van der Waals surface area contributed by atoms with Crippen molar-refractivity contribution < 1.29 is 4.74 Å². The largest absolute Gasteiger partial charge is 0.380 e. The van der Waals surface area contributed by atoms with E-state index in [2.05, 4.69) is 36.6 Å². The summed E-state index contributed by atoms with van der Waals surface area (Å²) in [5, 5.41) is 0. The highest BCUT2D eigenvalue weighted by Crippen LogP contribution is 2.18. The van der Waals surface area contributed by atoms with Crippen LogP contribution in [0.5, 0.6) is 0 Å². The minimum Gasteiger partial charge on any atom is -0.380 e. The van der Waals surface area contributed by atoms with E-state index in [1.54, 1.807) is 0 Å². The predicted octanol–water partition coefficient (Wildman–Crippen LogP) is 3.94. The van der Waals surface area contributed by atoms with E-state index in [1.165, 1.54) is 17.5 Å². The number of hydrogen-bond acceptors (Lipinski definition) is 2. The quantitative estimate of drug-likeness (QED) is 0.544. The molecule has 3 nitrogen and oxygen atoms in total. The van der Waals surface area contributed by atoms with Gasteiger partial charge in [-0.05, 0) is 31.0 Å². The molecule has 0 radical (unpaired) electrons. The summed E-state index contributed by atoms with van der Waals surface area (Å²) in [4.78, 5) is 4.70. The smallest absolute Gasteiger partial charge is 0.111 e. The Hall–Kier alpha value is -1.06. The van der Waals surface area contributed by atoms with E-state index in [0.29, 0.717) is 5.88 Å². The van der Waals surface area contributed by atoms with Gasteiger partial charge >= 0.3 is 0 Å². The number of imidazole rings is 1. The third-order valence-corrected chi connectivity index (χ3v) is 3.59. The van der Waals surface area contributed by atoms with Crippen LogP contribution in [0.2, 0.25) is 0 Å². The molecule has 4 heteroatoms. The molecule has 0 saturated carbocycles. The van der Waals surface area contributed by atoms with Crippen LogP contribution in [0.4, 0.5) is 0 Å². The summed E-state index contributed by atoms with van der Waals surface area (Å²) in [6, 6.07) is 6.39. The number of aromatic nitrogens is 2. The molecule has 1 aromatic heterocycles. The zero-order valence-electron chi connectivity index (χ0n) is 12.4. The maximum Gasteiger partial charge on any atom is 0.111 e. The molecule has 1 aromatic carbocycles. The van der Waals surface area contributed by atoms with Crippen molar-refractivity contribution >= 4 is 22.6 Å². The lowest BCUT2D eigenvalue weighted by Crippen LogP contribution is -2.10. The van der Waals surface area contributed by atoms with Crippen molar-refractivity contribution in [1.82, 2.24) is 9.55 Å². The van der Waals surface area contributed by atoms with Crippen LogP contribution in [-0.2, 0) is 17.7 Å². The summed E-state index contributed by atoms with van der Waals surface area (Å²) in [6.45, 7) is 6.68. The molecule has 0 spiro atoms. The molecule has 2 rings (SSSR count). The zero-order valence-corrected chi connectivity index (χ0v) is 13.1. The Morgan fingerprint density at radius 1 is 1.30 bits per heavy atom. The number of unbranched alkanes of at least 4 members (excludes halogenated alkanes) is 1. The minimum absolute atomic E-state index is 0.596. The molecule has 0 unspecified atom stereocenters. The summed E-state index contributed by atoms with van der Waals surface area (Å²) >= 11 is 5.88. The Bertz CT molecular complexity index is 551. The first kappa shape index (κ1) is 15.3. The van der Waals surface area contributed by atoms with Crippen molar-refractivity contribution in [2.24, 2.45) is 0 Å². The second-order valence-corrected chi connectivity index (χ2v) is 5.45. The van der Waals surface area contributed by atoms with Crippen molar-refractivity contribution in [3.8, 4) is 0 Å². The Morgan fingerprint density at radius 3 is 2.90 bits per heavy atom. The van der Waals surface area contributed by atoms with Crippen molar-refractivity contribution in [2.75, 3.05) is 19.1 Å². The summed E-state index contributed by atoms with van der Waals surface area (Å²) in [6.07, 6.45) is 3.09. The van der Waals surface area contributed by atoms with Crippen LogP contribution in [0.25, 0.3) is 11.0 Å². The first-order chi connectivity index (χ1) is 9.76. The molecular formula is C16H23ClN2O. The van der Waals surface area contributed by atoms with E-state index in [9.17, 15) is 0 Å². The highest BCUT2D eigenvalue weighted by molar-refractivity contribution is 6.17. The van der Waals surface area contributed by atoms with Crippen LogP contribution in [0.1, 0.15) is 31.2 Å². The van der Waals surface area contributed by atoms with Crippen molar-refractivity contribution in [2.45, 2.75) is 39.7 Å². The SMILES string of the molecule is CCCCOCCn1c(CCCl)nc2cc(C)ccc21. The van der Waals surface area contributed by atoms with Crippen molar-refractivity contribution in [1.29, 1.82) is 0 Å². The Morgan fingerprint density at radius 2 is 2.15 bits per heavy atom. The number of aryl methyl sites for hydroxylation is 2. The van der Waals surface area contributed by atoms with Gasteiger partial charge in [0.25, 0.3) is 0 Å². The van der Waals surface area contributed by atoms with Crippen molar-refractivity contribution in [3.63, 3.8) is 0 Å². The van der Waals surface area contributed by atoms with Crippen LogP contribution >= 0.6 is 11.6 Å². The second-order valence-electron chi connectivity index (χ2n) is 5.08. The highest BCUT2D eigenvalue weighted by Gasteiger charge is 2.10. The molecule has 0 N–H and O–H groups in total. The van der Waals surface area contributed by atoms with E-state index in [-0.39, 0.29) is 0 Å². The van der Waals surface area contributed by atoms with Gasteiger partial charge < -0.3 is 9.30 Å². The first-order valence-corrected chi connectivity index (χ1v) is 7.89. The molecule has 0 fully saturated rings. The van der Waals surface area contributed by atoms with Crippen LogP contribution in [0.3, 0.4) is 0 Å². The van der Waals surface area contributed by atoms with Gasteiger partial charge in [-0.15, -0.1) is 11.6 Å². The fraction of sp³-hybridized carbons (Fsp3) is 0.562. The lowest BCUT2D eigenvalue weighted by molar-refractivity contribution is 0.123. The maximum absolute atomic E-state index is 5.88. The van der Waals surface area contributed by atoms with Gasteiger partial charge in [0.1, 0.15) is 5.82 Å². The standard InChI is InChI=1S/C16H23ClN2O/c1-3-4-10-20-11-9-19-15-6-5-13(2)12-14(15)18-16(19)7-8-17/h5-6,12H,3-4,7-11H2,1-2H3. The average Bonchev–Trinajstić information content (AvgIpc) is 2.76. The maximum atomic E-state index is 5.88. The lowest BCUT2D eigenvalue weighted by atomic mass is 10.2. The zero-order chi connectivity index (χ0) is 14.4. The number of ether oxygens (including phenoxy) is 1. The van der Waals surface area contributed by atoms with Gasteiger partial charge in [0.2, 0.25) is 0 Å². The van der Waals surface area contributed by atoms with Gasteiger partial charge in [-0.25, -0.2) is 4.98 Å². The van der Waals surface area contributed by atoms with Gasteiger partial charge in [-0.1, -0.05) is 19.4 Å². The predicted molar refractivity (Wildman–Crippen MR) is 84.6 cm³/mol. The molecule has 1 heterocycles. The van der Waals surface area contributed by atoms with Gasteiger partial charge in [-0.2, -0.15) is 0 Å². The molecule has 0 saturated heterocycles. The molecule has 0 atom stereocenters. The fourth-order valence-electron chi connectivity index (χ4n) is 2.32. The van der Waals surface area contributed by atoms with Gasteiger partial charge in [0.05, 0.1) is 17.6 Å². The van der Waals surface area contributed by atoms with Crippen LogP contribution in [-0.4, -0.2) is 28.6 Å².